The maximum Gasteiger partial charge on any atom is 0.337 e. The molecule has 6 nitrogen and oxygen atoms in total. The normalized spacial score (nSPS) is 15.9. The number of pyridine rings is 1. The number of piperidine rings is 1. The van der Waals surface area contributed by atoms with E-state index in [0.717, 1.165) is 48.3 Å². The van der Waals surface area contributed by atoms with Crippen molar-refractivity contribution in [3.05, 3.63) is 77.4 Å². The Morgan fingerprint density at radius 1 is 1.10 bits per heavy atom. The number of halogens is 2. The van der Waals surface area contributed by atoms with Gasteiger partial charge in [0.1, 0.15) is 11.6 Å². The van der Waals surface area contributed by atoms with Gasteiger partial charge in [-0.1, -0.05) is 38.1 Å². The fraction of sp³-hybridized carbons (Fsp3) is 0.455. The van der Waals surface area contributed by atoms with Crippen molar-refractivity contribution in [1.29, 1.82) is 0 Å². The molecular weight excluding hydrogens is 543 g/mol. The average Bonchev–Trinajstić information content (AvgIpc) is 2.92. The zero-order valence-corrected chi connectivity index (χ0v) is 25.3. The van der Waals surface area contributed by atoms with Crippen LogP contribution >= 0.6 is 11.6 Å². The van der Waals surface area contributed by atoms with E-state index in [-0.39, 0.29) is 17.1 Å². The predicted molar refractivity (Wildman–Crippen MR) is 161 cm³/mol. The summed E-state index contributed by atoms with van der Waals surface area (Å²) >= 11 is 6.43. The van der Waals surface area contributed by atoms with Crippen molar-refractivity contribution in [1.82, 2.24) is 4.98 Å². The number of aromatic nitrogens is 1. The molecule has 4 rings (SSSR count). The van der Waals surface area contributed by atoms with Crippen LogP contribution in [0.1, 0.15) is 70.4 Å². The van der Waals surface area contributed by atoms with Gasteiger partial charge in [0.25, 0.3) is 0 Å². The molecule has 0 radical (unpaired) electrons. The van der Waals surface area contributed by atoms with E-state index in [2.05, 4.69) is 23.7 Å². The number of benzene rings is 2. The molecule has 1 saturated heterocycles. The van der Waals surface area contributed by atoms with E-state index in [1.54, 1.807) is 18.3 Å². The van der Waals surface area contributed by atoms with Crippen molar-refractivity contribution in [3.63, 3.8) is 0 Å². The van der Waals surface area contributed by atoms with Gasteiger partial charge in [0, 0.05) is 36.8 Å². The highest BCUT2D eigenvalue weighted by Crippen LogP contribution is 2.44. The fourth-order valence-corrected chi connectivity index (χ4v) is 5.29. The van der Waals surface area contributed by atoms with Gasteiger partial charge in [-0.05, 0) is 74.4 Å². The third-order valence-electron chi connectivity index (χ3n) is 7.41. The Bertz CT molecular complexity index is 1330. The highest BCUT2D eigenvalue weighted by Gasteiger charge is 2.35. The zero-order valence-electron chi connectivity index (χ0n) is 24.5. The van der Waals surface area contributed by atoms with Gasteiger partial charge < -0.3 is 19.5 Å². The van der Waals surface area contributed by atoms with Crippen LogP contribution in [0, 0.1) is 11.2 Å². The molecular formula is C33H40ClFN2O4. The van der Waals surface area contributed by atoms with Gasteiger partial charge in [0.2, 0.25) is 0 Å². The second-order valence-corrected chi connectivity index (χ2v) is 12.6. The molecule has 0 bridgehead atoms. The largest absolute Gasteiger partial charge is 0.493 e. The summed E-state index contributed by atoms with van der Waals surface area (Å²) in [4.78, 5) is 19.5. The Labute approximate surface area is 247 Å². The number of rotatable bonds is 10. The minimum absolute atomic E-state index is 0.176. The first-order valence-corrected chi connectivity index (χ1v) is 14.6. The summed E-state index contributed by atoms with van der Waals surface area (Å²) in [6.45, 7) is 12.1. The maximum atomic E-state index is 13.2. The molecule has 1 unspecified atom stereocenters. The van der Waals surface area contributed by atoms with E-state index in [9.17, 15) is 14.3 Å². The molecule has 220 valence electrons. The number of carboxylic acids is 1. The lowest BCUT2D eigenvalue weighted by molar-refractivity contribution is -0.160. The van der Waals surface area contributed by atoms with Crippen LogP contribution in [-0.4, -0.2) is 41.4 Å². The van der Waals surface area contributed by atoms with Crippen molar-refractivity contribution in [2.75, 3.05) is 24.6 Å². The van der Waals surface area contributed by atoms with E-state index < -0.39 is 17.7 Å². The maximum absolute atomic E-state index is 13.2. The first kappa shape index (κ1) is 30.8. The van der Waals surface area contributed by atoms with Crippen molar-refractivity contribution in [2.45, 2.75) is 71.5 Å². The number of hydrogen-bond donors (Lipinski definition) is 1. The van der Waals surface area contributed by atoms with Crippen LogP contribution in [0.2, 0.25) is 0 Å². The molecule has 0 spiro atoms. The number of carboxylic acid groups (broad SMARTS) is 1. The molecule has 0 aliphatic carbocycles. The summed E-state index contributed by atoms with van der Waals surface area (Å²) in [6.07, 6.45) is 3.04. The molecule has 1 aliphatic rings. The quantitative estimate of drug-likeness (QED) is 0.246. The Morgan fingerprint density at radius 2 is 1.73 bits per heavy atom. The molecule has 3 aromatic rings. The molecule has 2 aromatic carbocycles. The Hall–Kier alpha value is -3.16. The van der Waals surface area contributed by atoms with E-state index in [1.165, 1.54) is 12.1 Å². The number of ether oxygens (including phenoxy) is 2. The third kappa shape index (κ3) is 7.98. The van der Waals surface area contributed by atoms with Crippen LogP contribution < -0.4 is 9.64 Å². The Kier molecular flexibility index (Phi) is 9.60. The summed E-state index contributed by atoms with van der Waals surface area (Å²) in [5.74, 6) is -0.439. The van der Waals surface area contributed by atoms with Crippen LogP contribution in [0.15, 0.2) is 54.7 Å². The Balaban J connectivity index is 1.70. The van der Waals surface area contributed by atoms with Crippen molar-refractivity contribution >= 4 is 23.3 Å². The first-order chi connectivity index (χ1) is 19.4. The molecule has 1 aromatic heterocycles. The smallest absolute Gasteiger partial charge is 0.337 e. The van der Waals surface area contributed by atoms with Crippen LogP contribution in [0.25, 0.3) is 11.1 Å². The number of anilines is 1. The molecule has 41 heavy (non-hydrogen) atoms. The van der Waals surface area contributed by atoms with Gasteiger partial charge in [-0.2, -0.15) is 0 Å². The lowest BCUT2D eigenvalue weighted by Crippen LogP contribution is -2.39. The van der Waals surface area contributed by atoms with Crippen LogP contribution in [-0.2, 0) is 21.8 Å². The summed E-state index contributed by atoms with van der Waals surface area (Å²) in [5.41, 5.74) is 4.24. The second-order valence-electron chi connectivity index (χ2n) is 12.4. The highest BCUT2D eigenvalue weighted by molar-refractivity contribution is 6.17. The molecule has 0 saturated carbocycles. The highest BCUT2D eigenvalue weighted by atomic mass is 35.5. The van der Waals surface area contributed by atoms with E-state index in [4.69, 9.17) is 21.1 Å². The van der Waals surface area contributed by atoms with E-state index >= 15 is 0 Å². The predicted octanol–water partition coefficient (Wildman–Crippen LogP) is 7.82. The SMILES string of the molecule is CC1(C)CCN(c2c(C(OC(C)(C)C)C(=O)O)cnc(CCl)c2-c2ccc(OCCc3ccc(F)cc3)cc2)CC1. The van der Waals surface area contributed by atoms with Gasteiger partial charge in [-0.25, -0.2) is 9.18 Å². The number of hydrogen-bond acceptors (Lipinski definition) is 5. The standard InChI is InChI=1S/C33H40ClFN2O4/c1-32(2,3)41-30(31(38)39)26-21-36-27(20-34)28(29(26)37-17-15-33(4,5)16-18-37)23-8-12-25(13-9-23)40-19-14-22-6-10-24(35)11-7-22/h6-13,21,30H,14-20H2,1-5H3,(H,38,39). The molecule has 1 aliphatic heterocycles. The molecule has 1 fully saturated rings. The van der Waals surface area contributed by atoms with Gasteiger partial charge in [0.05, 0.1) is 29.5 Å². The van der Waals surface area contributed by atoms with Gasteiger partial charge in [-0.15, -0.1) is 11.6 Å². The van der Waals surface area contributed by atoms with Crippen LogP contribution in [0.3, 0.4) is 0 Å². The number of nitrogens with zero attached hydrogens (tertiary/aromatic N) is 2. The summed E-state index contributed by atoms with van der Waals surface area (Å²) in [6, 6.07) is 14.1. The second kappa shape index (κ2) is 12.8. The molecule has 8 heteroatoms. The summed E-state index contributed by atoms with van der Waals surface area (Å²) in [5, 5.41) is 10.3. The summed E-state index contributed by atoms with van der Waals surface area (Å²) in [7, 11) is 0. The topological polar surface area (TPSA) is 71.9 Å². The average molecular weight is 583 g/mol. The first-order valence-electron chi connectivity index (χ1n) is 14.1. The van der Waals surface area contributed by atoms with E-state index in [0.29, 0.717) is 30.0 Å². The van der Waals surface area contributed by atoms with Crippen molar-refractivity contribution in [3.8, 4) is 16.9 Å². The zero-order chi connectivity index (χ0) is 29.8. The van der Waals surface area contributed by atoms with Crippen molar-refractivity contribution in [2.24, 2.45) is 5.41 Å². The minimum atomic E-state index is -1.19. The fourth-order valence-electron chi connectivity index (χ4n) is 5.08. The van der Waals surface area contributed by atoms with Gasteiger partial charge in [0.15, 0.2) is 6.10 Å². The summed E-state index contributed by atoms with van der Waals surface area (Å²) < 4.78 is 25.2. The van der Waals surface area contributed by atoms with Crippen LogP contribution in [0.4, 0.5) is 10.1 Å². The van der Waals surface area contributed by atoms with Gasteiger partial charge >= 0.3 is 5.97 Å². The van der Waals surface area contributed by atoms with Crippen molar-refractivity contribution < 1.29 is 23.8 Å². The molecule has 2 heterocycles. The minimum Gasteiger partial charge on any atom is -0.493 e. The Morgan fingerprint density at radius 3 is 2.29 bits per heavy atom. The monoisotopic (exact) mass is 582 g/mol. The molecule has 1 N–H and O–H groups in total. The lowest BCUT2D eigenvalue weighted by atomic mass is 9.82. The lowest BCUT2D eigenvalue weighted by Gasteiger charge is -2.41. The van der Waals surface area contributed by atoms with Gasteiger partial charge in [-0.3, -0.25) is 4.98 Å². The number of carbonyl (C=O) groups is 1. The number of alkyl halides is 1. The van der Waals surface area contributed by atoms with Crippen LogP contribution in [0.5, 0.6) is 5.75 Å². The third-order valence-corrected chi connectivity index (χ3v) is 7.67. The molecule has 1 atom stereocenters. The molecule has 0 amide bonds. The van der Waals surface area contributed by atoms with E-state index in [1.807, 2.05) is 45.0 Å². The number of aliphatic carboxylic acids is 1.